The summed E-state index contributed by atoms with van der Waals surface area (Å²) in [7, 11) is 0. The van der Waals surface area contributed by atoms with Gasteiger partial charge in [0.2, 0.25) is 5.91 Å². The van der Waals surface area contributed by atoms with Crippen LogP contribution in [0.4, 0.5) is 14.9 Å². The monoisotopic (exact) mass is 438 g/mol. The van der Waals surface area contributed by atoms with E-state index >= 15 is 0 Å². The quantitative estimate of drug-likeness (QED) is 0.478. The highest BCUT2D eigenvalue weighted by Crippen LogP contribution is 2.32. The molecule has 0 spiro atoms. The summed E-state index contributed by atoms with van der Waals surface area (Å²) in [4.78, 5) is 49.3. The molecule has 31 heavy (non-hydrogen) atoms. The predicted molar refractivity (Wildman–Crippen MR) is 115 cm³/mol. The predicted octanol–water partition coefficient (Wildman–Crippen LogP) is 4.00. The van der Waals surface area contributed by atoms with Crippen LogP contribution in [0.15, 0.2) is 68.7 Å². The number of anilines is 1. The van der Waals surface area contributed by atoms with Crippen molar-refractivity contribution in [2.75, 3.05) is 11.9 Å². The Hall–Kier alpha value is -3.72. The largest absolute Gasteiger partial charge is 0.423 e. The molecule has 3 aromatic rings. The van der Waals surface area contributed by atoms with E-state index in [2.05, 4.69) is 5.32 Å². The molecule has 0 atom stereocenters. The Kier molecular flexibility index (Phi) is 5.68. The Morgan fingerprint density at radius 1 is 1.10 bits per heavy atom. The molecule has 156 valence electrons. The SMILES string of the molecule is O=C(CCN1C(=O)S/C(=C\c2ccccc2F)C1=O)Nc1ccc2oc(=O)ccc2c1. The molecule has 4 rings (SSSR count). The third-order valence-electron chi connectivity index (χ3n) is 4.53. The van der Waals surface area contributed by atoms with Crippen molar-refractivity contribution in [1.29, 1.82) is 0 Å². The summed E-state index contributed by atoms with van der Waals surface area (Å²) in [5.74, 6) is -1.45. The van der Waals surface area contributed by atoms with E-state index in [0.717, 1.165) is 4.90 Å². The van der Waals surface area contributed by atoms with Crippen LogP contribution in [0.3, 0.4) is 0 Å². The van der Waals surface area contributed by atoms with Crippen LogP contribution in [0, 0.1) is 5.82 Å². The first-order valence-electron chi connectivity index (χ1n) is 9.24. The number of amides is 3. The molecule has 9 heteroatoms. The van der Waals surface area contributed by atoms with E-state index in [9.17, 15) is 23.6 Å². The molecule has 1 aliphatic rings. The van der Waals surface area contributed by atoms with Gasteiger partial charge in [0, 0.05) is 35.7 Å². The van der Waals surface area contributed by atoms with Crippen molar-refractivity contribution in [3.63, 3.8) is 0 Å². The van der Waals surface area contributed by atoms with Gasteiger partial charge in [0.15, 0.2) is 0 Å². The van der Waals surface area contributed by atoms with Crippen molar-refractivity contribution in [3.8, 4) is 0 Å². The van der Waals surface area contributed by atoms with E-state index in [1.54, 1.807) is 30.3 Å². The molecule has 0 bridgehead atoms. The van der Waals surface area contributed by atoms with Gasteiger partial charge >= 0.3 is 5.63 Å². The molecular weight excluding hydrogens is 423 g/mol. The smallest absolute Gasteiger partial charge is 0.336 e. The van der Waals surface area contributed by atoms with Crippen LogP contribution < -0.4 is 10.9 Å². The number of imide groups is 1. The topological polar surface area (TPSA) is 96.7 Å². The van der Waals surface area contributed by atoms with Crippen molar-refractivity contribution in [2.45, 2.75) is 6.42 Å². The first-order valence-corrected chi connectivity index (χ1v) is 10.1. The van der Waals surface area contributed by atoms with Gasteiger partial charge in [-0.15, -0.1) is 0 Å². The van der Waals surface area contributed by atoms with Crippen molar-refractivity contribution in [3.05, 3.63) is 81.3 Å². The Labute approximate surface area is 179 Å². The lowest BCUT2D eigenvalue weighted by Gasteiger charge is -2.12. The molecule has 2 heterocycles. The minimum Gasteiger partial charge on any atom is -0.423 e. The van der Waals surface area contributed by atoms with E-state index in [4.69, 9.17) is 4.42 Å². The Morgan fingerprint density at radius 3 is 2.71 bits per heavy atom. The highest BCUT2D eigenvalue weighted by atomic mass is 32.2. The second-order valence-corrected chi connectivity index (χ2v) is 7.65. The fourth-order valence-corrected chi connectivity index (χ4v) is 3.87. The molecule has 1 saturated heterocycles. The first kappa shape index (κ1) is 20.5. The third kappa shape index (κ3) is 4.56. The van der Waals surface area contributed by atoms with Crippen LogP contribution in [-0.2, 0) is 9.59 Å². The number of nitrogens with one attached hydrogen (secondary N) is 1. The van der Waals surface area contributed by atoms with E-state index in [0.29, 0.717) is 28.4 Å². The molecule has 0 unspecified atom stereocenters. The number of halogens is 1. The Bertz CT molecular complexity index is 1300. The molecule has 1 N–H and O–H groups in total. The summed E-state index contributed by atoms with van der Waals surface area (Å²) in [5.41, 5.74) is 0.619. The number of carbonyl (C=O) groups excluding carboxylic acids is 3. The highest BCUT2D eigenvalue weighted by molar-refractivity contribution is 8.18. The second-order valence-electron chi connectivity index (χ2n) is 6.66. The fourth-order valence-electron chi connectivity index (χ4n) is 3.01. The molecule has 0 saturated carbocycles. The maximum absolute atomic E-state index is 13.8. The van der Waals surface area contributed by atoms with Gasteiger partial charge in [-0.2, -0.15) is 0 Å². The van der Waals surface area contributed by atoms with Gasteiger partial charge < -0.3 is 9.73 Å². The minimum atomic E-state index is -0.563. The molecule has 3 amide bonds. The number of benzene rings is 2. The van der Waals surface area contributed by atoms with Crippen LogP contribution in [-0.4, -0.2) is 28.5 Å². The maximum Gasteiger partial charge on any atom is 0.336 e. The number of hydrogen-bond acceptors (Lipinski definition) is 6. The van der Waals surface area contributed by atoms with E-state index in [1.807, 2.05) is 0 Å². The molecular formula is C22H15FN2O5S. The number of rotatable bonds is 5. The molecule has 2 aromatic carbocycles. The number of carbonyl (C=O) groups is 3. The van der Waals surface area contributed by atoms with Crippen molar-refractivity contribution in [2.24, 2.45) is 0 Å². The summed E-state index contributed by atoms with van der Waals surface area (Å²) < 4.78 is 18.8. The van der Waals surface area contributed by atoms with Crippen LogP contribution >= 0.6 is 11.8 Å². The van der Waals surface area contributed by atoms with Gasteiger partial charge in [-0.3, -0.25) is 19.3 Å². The van der Waals surface area contributed by atoms with Crippen molar-refractivity contribution in [1.82, 2.24) is 4.90 Å². The zero-order valence-corrected chi connectivity index (χ0v) is 16.8. The van der Waals surface area contributed by atoms with Gasteiger partial charge in [-0.05, 0) is 48.2 Å². The summed E-state index contributed by atoms with van der Waals surface area (Å²) in [5, 5.41) is 2.81. The standard InChI is InChI=1S/C22H15FN2O5S/c23-16-4-2-1-3-13(16)12-18-21(28)25(22(29)31-18)10-9-19(26)24-15-6-7-17-14(11-15)5-8-20(27)30-17/h1-8,11-12H,9-10H2,(H,24,26)/b18-12-. The van der Waals surface area contributed by atoms with E-state index in [-0.39, 0.29) is 23.4 Å². The lowest BCUT2D eigenvalue weighted by Crippen LogP contribution is -2.31. The lowest BCUT2D eigenvalue weighted by atomic mass is 10.2. The molecule has 1 aliphatic heterocycles. The summed E-state index contributed by atoms with van der Waals surface area (Å²) in [6.45, 7) is -0.104. The highest BCUT2D eigenvalue weighted by Gasteiger charge is 2.35. The Balaban J connectivity index is 1.39. The van der Waals surface area contributed by atoms with Gasteiger partial charge in [-0.1, -0.05) is 18.2 Å². The zero-order valence-electron chi connectivity index (χ0n) is 16.0. The molecule has 0 aliphatic carbocycles. The number of nitrogens with zero attached hydrogens (tertiary/aromatic N) is 1. The zero-order chi connectivity index (χ0) is 22.0. The van der Waals surface area contributed by atoms with Gasteiger partial charge in [0.1, 0.15) is 11.4 Å². The molecule has 1 aromatic heterocycles. The van der Waals surface area contributed by atoms with E-state index in [1.165, 1.54) is 30.3 Å². The number of hydrogen-bond donors (Lipinski definition) is 1. The molecule has 7 nitrogen and oxygen atoms in total. The minimum absolute atomic E-state index is 0.103. The van der Waals surface area contributed by atoms with Gasteiger partial charge in [0.25, 0.3) is 11.1 Å². The summed E-state index contributed by atoms with van der Waals surface area (Å²) in [6, 6.07) is 13.6. The average molecular weight is 438 g/mol. The average Bonchev–Trinajstić information content (AvgIpc) is 3.01. The van der Waals surface area contributed by atoms with E-state index < -0.39 is 28.5 Å². The molecule has 1 fully saturated rings. The molecule has 0 radical (unpaired) electrons. The fraction of sp³-hybridized carbons (Fsp3) is 0.0909. The lowest BCUT2D eigenvalue weighted by molar-refractivity contribution is -0.123. The van der Waals surface area contributed by atoms with Crippen LogP contribution in [0.2, 0.25) is 0 Å². The first-order chi connectivity index (χ1) is 14.9. The second kappa shape index (κ2) is 8.57. The maximum atomic E-state index is 13.8. The number of thioether (sulfide) groups is 1. The van der Waals surface area contributed by atoms with Crippen molar-refractivity contribution < 1.29 is 23.2 Å². The number of fused-ring (bicyclic) bond motifs is 1. The Morgan fingerprint density at radius 2 is 1.90 bits per heavy atom. The summed E-state index contributed by atoms with van der Waals surface area (Å²) >= 11 is 0.708. The van der Waals surface area contributed by atoms with Crippen LogP contribution in [0.5, 0.6) is 0 Å². The van der Waals surface area contributed by atoms with Crippen molar-refractivity contribution >= 4 is 51.5 Å². The van der Waals surface area contributed by atoms with Crippen LogP contribution in [0.25, 0.3) is 17.0 Å². The third-order valence-corrected chi connectivity index (χ3v) is 5.44. The van der Waals surface area contributed by atoms with Crippen LogP contribution in [0.1, 0.15) is 12.0 Å². The summed E-state index contributed by atoms with van der Waals surface area (Å²) in [6.07, 6.45) is 1.22. The van der Waals surface area contributed by atoms with Gasteiger partial charge in [-0.25, -0.2) is 9.18 Å². The normalized spacial score (nSPS) is 15.1. The van der Waals surface area contributed by atoms with Gasteiger partial charge in [0.05, 0.1) is 4.91 Å².